The molecular weight excluding hydrogens is 162 g/mol. The molecule has 0 saturated carbocycles. The lowest BCUT2D eigenvalue weighted by Gasteiger charge is -2.06. The molecule has 65 valence electrons. The van der Waals surface area contributed by atoms with Crippen LogP contribution in [0.25, 0.3) is 0 Å². The van der Waals surface area contributed by atoms with Gasteiger partial charge in [0.05, 0.1) is 0 Å². The van der Waals surface area contributed by atoms with Crippen LogP contribution in [0.5, 0.6) is 5.75 Å². The Morgan fingerprint density at radius 2 is 2.08 bits per heavy atom. The molecule has 1 nitrogen and oxygen atoms in total. The van der Waals surface area contributed by atoms with E-state index in [9.17, 15) is 8.78 Å². The number of benzene rings is 1. The maximum Gasteiger partial charge on any atom is 0.387 e. The molecule has 0 atom stereocenters. The molecule has 0 aliphatic rings. The minimum atomic E-state index is -2.78. The van der Waals surface area contributed by atoms with Crippen molar-refractivity contribution in [2.45, 2.75) is 20.5 Å². The first kappa shape index (κ1) is 8.97. The Morgan fingerprint density at radius 1 is 1.42 bits per heavy atom. The van der Waals surface area contributed by atoms with Gasteiger partial charge in [-0.3, -0.25) is 0 Å². The summed E-state index contributed by atoms with van der Waals surface area (Å²) in [6.07, 6.45) is 0. The third-order valence-electron chi connectivity index (χ3n) is 1.44. The van der Waals surface area contributed by atoms with Crippen LogP contribution >= 0.6 is 0 Å². The maximum absolute atomic E-state index is 11.8. The van der Waals surface area contributed by atoms with E-state index in [1.165, 1.54) is 0 Å². The van der Waals surface area contributed by atoms with Crippen molar-refractivity contribution in [2.75, 3.05) is 0 Å². The topological polar surface area (TPSA) is 9.23 Å². The van der Waals surface area contributed by atoms with Gasteiger partial charge in [0.1, 0.15) is 5.75 Å². The molecule has 0 heterocycles. The van der Waals surface area contributed by atoms with E-state index in [2.05, 4.69) is 10.8 Å². The molecule has 0 N–H and O–H groups in total. The summed E-state index contributed by atoms with van der Waals surface area (Å²) < 4.78 is 27.7. The van der Waals surface area contributed by atoms with Gasteiger partial charge in [0.25, 0.3) is 0 Å². The molecule has 0 amide bonds. The van der Waals surface area contributed by atoms with Crippen molar-refractivity contribution < 1.29 is 13.5 Å². The van der Waals surface area contributed by atoms with Crippen LogP contribution in [0.4, 0.5) is 8.78 Å². The molecule has 3 heteroatoms. The first-order valence-electron chi connectivity index (χ1n) is 3.53. The van der Waals surface area contributed by atoms with E-state index in [1.54, 1.807) is 19.1 Å². The normalized spacial score (nSPS) is 10.4. The molecule has 0 bridgehead atoms. The molecule has 0 aliphatic heterocycles. The summed E-state index contributed by atoms with van der Waals surface area (Å²) in [6.45, 7) is 0.805. The van der Waals surface area contributed by atoms with E-state index in [0.717, 1.165) is 5.56 Å². The monoisotopic (exact) mass is 171 g/mol. The highest BCUT2D eigenvalue weighted by atomic mass is 19.3. The summed E-state index contributed by atoms with van der Waals surface area (Å²) in [5.74, 6) is 0.121. The molecule has 0 fully saturated rings. The SMILES string of the molecule is Cc1c[c]c(OC(F)F)c(C)c1. The van der Waals surface area contributed by atoms with Crippen LogP contribution in [0.15, 0.2) is 12.1 Å². The molecule has 1 rings (SSSR count). The zero-order chi connectivity index (χ0) is 9.14. The van der Waals surface area contributed by atoms with Gasteiger partial charge in [-0.05, 0) is 31.0 Å². The van der Waals surface area contributed by atoms with E-state index in [-0.39, 0.29) is 5.75 Å². The largest absolute Gasteiger partial charge is 0.434 e. The third-order valence-corrected chi connectivity index (χ3v) is 1.44. The smallest absolute Gasteiger partial charge is 0.387 e. The molecule has 1 radical (unpaired) electrons. The fourth-order valence-electron chi connectivity index (χ4n) is 0.958. The quantitative estimate of drug-likeness (QED) is 0.664. The van der Waals surface area contributed by atoms with Crippen LogP contribution in [0.2, 0.25) is 0 Å². The molecule has 0 unspecified atom stereocenters. The van der Waals surface area contributed by atoms with Crippen LogP contribution in [0.1, 0.15) is 11.1 Å². The number of hydrogen-bond acceptors (Lipinski definition) is 1. The summed E-state index contributed by atoms with van der Waals surface area (Å²) in [5, 5.41) is 0. The lowest BCUT2D eigenvalue weighted by atomic mass is 10.1. The van der Waals surface area contributed by atoms with Crippen molar-refractivity contribution in [1.82, 2.24) is 0 Å². The third kappa shape index (κ3) is 2.19. The minimum Gasteiger partial charge on any atom is -0.434 e. The number of halogens is 2. The molecule has 0 aromatic heterocycles. The van der Waals surface area contributed by atoms with Crippen molar-refractivity contribution in [3.05, 3.63) is 29.3 Å². The van der Waals surface area contributed by atoms with E-state index in [1.807, 2.05) is 6.92 Å². The Morgan fingerprint density at radius 3 is 2.58 bits per heavy atom. The molecule has 0 saturated heterocycles. The number of ether oxygens (including phenoxy) is 1. The summed E-state index contributed by atoms with van der Waals surface area (Å²) in [4.78, 5) is 0. The second kappa shape index (κ2) is 3.52. The molecule has 1 aromatic carbocycles. The Labute approximate surface area is 70.0 Å². The van der Waals surface area contributed by atoms with Gasteiger partial charge >= 0.3 is 6.61 Å². The van der Waals surface area contributed by atoms with Gasteiger partial charge in [0.2, 0.25) is 0 Å². The second-order valence-electron chi connectivity index (χ2n) is 2.57. The zero-order valence-corrected chi connectivity index (χ0v) is 6.90. The van der Waals surface area contributed by atoms with Crippen LogP contribution in [-0.4, -0.2) is 6.61 Å². The first-order chi connectivity index (χ1) is 5.59. The van der Waals surface area contributed by atoms with Gasteiger partial charge in [0.15, 0.2) is 0 Å². The predicted molar refractivity (Wildman–Crippen MR) is 41.4 cm³/mol. The lowest BCUT2D eigenvalue weighted by molar-refractivity contribution is -0.0504. The highest BCUT2D eigenvalue weighted by Gasteiger charge is 2.06. The summed E-state index contributed by atoms with van der Waals surface area (Å²) in [6, 6.07) is 6.02. The Bertz CT molecular complexity index is 271. The number of rotatable bonds is 2. The zero-order valence-electron chi connectivity index (χ0n) is 6.90. The van der Waals surface area contributed by atoms with E-state index in [4.69, 9.17) is 0 Å². The van der Waals surface area contributed by atoms with Crippen molar-refractivity contribution in [3.63, 3.8) is 0 Å². The van der Waals surface area contributed by atoms with Gasteiger partial charge in [0, 0.05) is 6.07 Å². The average molecular weight is 171 g/mol. The Kier molecular flexibility index (Phi) is 2.63. The van der Waals surface area contributed by atoms with Crippen LogP contribution in [0, 0.1) is 19.9 Å². The highest BCUT2D eigenvalue weighted by molar-refractivity contribution is 5.34. The highest BCUT2D eigenvalue weighted by Crippen LogP contribution is 2.19. The van der Waals surface area contributed by atoms with Crippen molar-refractivity contribution >= 4 is 0 Å². The predicted octanol–water partition coefficient (Wildman–Crippen LogP) is 2.71. The van der Waals surface area contributed by atoms with Gasteiger partial charge in [-0.2, -0.15) is 8.78 Å². The van der Waals surface area contributed by atoms with Crippen LogP contribution in [-0.2, 0) is 0 Å². The lowest BCUT2D eigenvalue weighted by Crippen LogP contribution is -2.03. The summed E-state index contributed by atoms with van der Waals surface area (Å²) in [7, 11) is 0. The van der Waals surface area contributed by atoms with E-state index < -0.39 is 6.61 Å². The molecule has 12 heavy (non-hydrogen) atoms. The second-order valence-corrected chi connectivity index (χ2v) is 2.57. The van der Waals surface area contributed by atoms with Gasteiger partial charge in [-0.15, -0.1) is 0 Å². The molecule has 1 aromatic rings. The van der Waals surface area contributed by atoms with Crippen molar-refractivity contribution in [3.8, 4) is 5.75 Å². The van der Waals surface area contributed by atoms with Crippen LogP contribution < -0.4 is 4.74 Å². The van der Waals surface area contributed by atoms with Crippen molar-refractivity contribution in [1.29, 1.82) is 0 Å². The van der Waals surface area contributed by atoms with E-state index >= 15 is 0 Å². The van der Waals surface area contributed by atoms with Crippen LogP contribution in [0.3, 0.4) is 0 Å². The number of alkyl halides is 2. The van der Waals surface area contributed by atoms with E-state index in [0.29, 0.717) is 5.56 Å². The first-order valence-corrected chi connectivity index (χ1v) is 3.53. The fraction of sp³-hybridized carbons (Fsp3) is 0.333. The molecular formula is C9H9F2O. The van der Waals surface area contributed by atoms with Gasteiger partial charge in [-0.25, -0.2) is 0 Å². The minimum absolute atomic E-state index is 0.121. The van der Waals surface area contributed by atoms with Crippen molar-refractivity contribution in [2.24, 2.45) is 0 Å². The Balaban J connectivity index is 2.86. The van der Waals surface area contributed by atoms with Gasteiger partial charge in [-0.1, -0.05) is 6.07 Å². The number of hydrogen-bond donors (Lipinski definition) is 0. The average Bonchev–Trinajstić information content (AvgIpc) is 1.94. The number of aryl methyl sites for hydroxylation is 2. The summed E-state index contributed by atoms with van der Waals surface area (Å²) in [5.41, 5.74) is 1.66. The standard InChI is InChI=1S/C9H9F2O/c1-6-3-4-8(7(2)5-6)12-9(10)11/h3,5,9H,1-2H3. The fourth-order valence-corrected chi connectivity index (χ4v) is 0.958. The van der Waals surface area contributed by atoms with Gasteiger partial charge < -0.3 is 4.74 Å². The Hall–Kier alpha value is -1.12. The molecule has 0 spiro atoms. The summed E-state index contributed by atoms with van der Waals surface area (Å²) >= 11 is 0. The maximum atomic E-state index is 11.8. The molecule has 0 aliphatic carbocycles.